The van der Waals surface area contributed by atoms with E-state index in [-0.39, 0.29) is 23.0 Å². The number of thiophene rings is 1. The van der Waals surface area contributed by atoms with Crippen LogP contribution in [0.5, 0.6) is 0 Å². The van der Waals surface area contributed by atoms with Gasteiger partial charge in [-0.1, -0.05) is 18.7 Å². The summed E-state index contributed by atoms with van der Waals surface area (Å²) in [7, 11) is 1.71. The Morgan fingerprint density at radius 2 is 2.00 bits per heavy atom. The van der Waals surface area contributed by atoms with Crippen LogP contribution in [-0.2, 0) is 24.7 Å². The number of aromatic nitrogens is 2. The number of nitrogens with one attached hydrogen (secondary N) is 1. The number of hydrogen-bond donors (Lipinski definition) is 1. The molecule has 0 unspecified atom stereocenters. The highest BCUT2D eigenvalue weighted by Crippen LogP contribution is 2.35. The van der Waals surface area contributed by atoms with Crippen LogP contribution in [0, 0.1) is 0 Å². The van der Waals surface area contributed by atoms with Crippen LogP contribution in [0.1, 0.15) is 40.6 Å². The molecule has 4 rings (SSSR count). The molecule has 2 heterocycles. The Morgan fingerprint density at radius 3 is 2.72 bits per heavy atom. The minimum absolute atomic E-state index is 0.0274. The maximum atomic E-state index is 12.8. The Labute approximate surface area is 176 Å². The number of Topliss-reactive ketones (excluding diaryl/α,β-unsaturated/α-hetero) is 1. The number of thioether (sulfide) groups is 1. The van der Waals surface area contributed by atoms with Gasteiger partial charge >= 0.3 is 0 Å². The molecule has 0 atom stereocenters. The van der Waals surface area contributed by atoms with Crippen LogP contribution in [0.25, 0.3) is 10.2 Å². The zero-order valence-corrected chi connectivity index (χ0v) is 17.9. The lowest BCUT2D eigenvalue weighted by atomic mass is 10.1. The number of ketones is 1. The number of amides is 1. The molecule has 1 aliphatic carbocycles. The molecule has 0 radical (unpaired) electrons. The van der Waals surface area contributed by atoms with E-state index in [2.05, 4.69) is 10.3 Å². The summed E-state index contributed by atoms with van der Waals surface area (Å²) in [6, 6.07) is 6.85. The Hall–Kier alpha value is -2.45. The summed E-state index contributed by atoms with van der Waals surface area (Å²) in [5, 5.41) is 4.07. The van der Waals surface area contributed by atoms with Gasteiger partial charge in [0.05, 0.1) is 11.1 Å². The molecule has 29 heavy (non-hydrogen) atoms. The Morgan fingerprint density at radius 1 is 1.24 bits per heavy atom. The van der Waals surface area contributed by atoms with Crippen molar-refractivity contribution in [3.8, 4) is 0 Å². The topological polar surface area (TPSA) is 81.1 Å². The van der Waals surface area contributed by atoms with Gasteiger partial charge in [0.1, 0.15) is 4.83 Å². The zero-order chi connectivity index (χ0) is 20.5. The highest BCUT2D eigenvalue weighted by atomic mass is 32.2. The molecule has 3 aromatic rings. The van der Waals surface area contributed by atoms with E-state index in [1.165, 1.54) is 22.2 Å². The lowest BCUT2D eigenvalue weighted by Crippen LogP contribution is -2.20. The van der Waals surface area contributed by atoms with E-state index in [0.717, 1.165) is 29.5 Å². The number of carbonyl (C=O) groups is 2. The normalized spacial score (nSPS) is 12.9. The van der Waals surface area contributed by atoms with Crippen molar-refractivity contribution in [2.45, 2.75) is 37.8 Å². The zero-order valence-electron chi connectivity index (χ0n) is 16.3. The van der Waals surface area contributed by atoms with Crippen LogP contribution in [0.15, 0.2) is 34.2 Å². The van der Waals surface area contributed by atoms with Gasteiger partial charge in [0.15, 0.2) is 10.9 Å². The number of hydrogen-bond acceptors (Lipinski definition) is 6. The average Bonchev–Trinajstić information content (AvgIpc) is 3.30. The first-order chi connectivity index (χ1) is 14.0. The predicted molar refractivity (Wildman–Crippen MR) is 117 cm³/mol. The standard InChI is InChI=1S/C21H21N3O3S2/c1-3-17(26)22-13-9-7-12(8-10-13)15(25)11-28-21-23-19-18(20(27)24(21)2)14-5-4-6-16(14)29-19/h7-10H,3-6,11H2,1-2H3,(H,22,26). The third-order valence-corrected chi connectivity index (χ3v) is 7.27. The van der Waals surface area contributed by atoms with Crippen LogP contribution >= 0.6 is 23.1 Å². The summed E-state index contributed by atoms with van der Waals surface area (Å²) in [6.07, 6.45) is 3.48. The number of aryl methyl sites for hydroxylation is 2. The summed E-state index contributed by atoms with van der Waals surface area (Å²) in [6.45, 7) is 1.78. The van der Waals surface area contributed by atoms with E-state index >= 15 is 0 Å². The SMILES string of the molecule is CCC(=O)Nc1ccc(C(=O)CSc2nc3sc4c(c3c(=O)n2C)CCC4)cc1. The summed E-state index contributed by atoms with van der Waals surface area (Å²) < 4.78 is 1.55. The molecule has 0 saturated heterocycles. The van der Waals surface area contributed by atoms with Crippen molar-refractivity contribution in [1.29, 1.82) is 0 Å². The fourth-order valence-electron chi connectivity index (χ4n) is 3.44. The van der Waals surface area contributed by atoms with E-state index in [4.69, 9.17) is 0 Å². The molecule has 0 bridgehead atoms. The lowest BCUT2D eigenvalue weighted by Gasteiger charge is -2.08. The second-order valence-electron chi connectivity index (χ2n) is 6.99. The van der Waals surface area contributed by atoms with Gasteiger partial charge in [-0.3, -0.25) is 19.0 Å². The van der Waals surface area contributed by atoms with Gasteiger partial charge < -0.3 is 5.32 Å². The third kappa shape index (κ3) is 3.86. The van der Waals surface area contributed by atoms with Crippen molar-refractivity contribution >= 4 is 50.7 Å². The van der Waals surface area contributed by atoms with Gasteiger partial charge in [0.2, 0.25) is 5.91 Å². The van der Waals surface area contributed by atoms with E-state index < -0.39 is 0 Å². The molecule has 0 spiro atoms. The quantitative estimate of drug-likeness (QED) is 0.368. The van der Waals surface area contributed by atoms with Crippen LogP contribution in [0.2, 0.25) is 0 Å². The molecular formula is C21H21N3O3S2. The summed E-state index contributed by atoms with van der Waals surface area (Å²) >= 11 is 2.88. The van der Waals surface area contributed by atoms with E-state index in [1.807, 2.05) is 0 Å². The highest BCUT2D eigenvalue weighted by Gasteiger charge is 2.22. The third-order valence-electron chi connectivity index (χ3n) is 5.05. The van der Waals surface area contributed by atoms with Crippen LogP contribution < -0.4 is 10.9 Å². The Bertz CT molecular complexity index is 1160. The monoisotopic (exact) mass is 427 g/mol. The predicted octanol–water partition coefficient (Wildman–Crippen LogP) is 3.81. The first kappa shape index (κ1) is 19.8. The highest BCUT2D eigenvalue weighted by molar-refractivity contribution is 7.99. The maximum Gasteiger partial charge on any atom is 0.262 e. The molecule has 1 aliphatic rings. The van der Waals surface area contributed by atoms with Gasteiger partial charge in [-0.05, 0) is 49.1 Å². The molecule has 0 saturated carbocycles. The number of benzene rings is 1. The first-order valence-corrected chi connectivity index (χ1v) is 11.3. The van der Waals surface area contributed by atoms with Gasteiger partial charge in [-0.25, -0.2) is 4.98 Å². The second kappa shape index (κ2) is 8.12. The van der Waals surface area contributed by atoms with Crippen LogP contribution in [0.3, 0.4) is 0 Å². The minimum Gasteiger partial charge on any atom is -0.326 e. The number of fused-ring (bicyclic) bond motifs is 3. The number of anilines is 1. The molecule has 1 aromatic carbocycles. The van der Waals surface area contributed by atoms with E-state index in [1.54, 1.807) is 54.1 Å². The minimum atomic E-state index is -0.0680. The molecule has 6 nitrogen and oxygen atoms in total. The summed E-state index contributed by atoms with van der Waals surface area (Å²) in [4.78, 5) is 43.6. The fourth-order valence-corrected chi connectivity index (χ4v) is 5.61. The van der Waals surface area contributed by atoms with Crippen molar-refractivity contribution in [1.82, 2.24) is 9.55 Å². The number of rotatable bonds is 6. The fraction of sp³-hybridized carbons (Fsp3) is 0.333. The van der Waals surface area contributed by atoms with Crippen LogP contribution in [0.4, 0.5) is 5.69 Å². The van der Waals surface area contributed by atoms with Gasteiger partial charge in [-0.15, -0.1) is 11.3 Å². The molecule has 1 N–H and O–H groups in total. The largest absolute Gasteiger partial charge is 0.326 e. The Balaban J connectivity index is 1.49. The van der Waals surface area contributed by atoms with Crippen LogP contribution in [-0.4, -0.2) is 27.0 Å². The molecular weight excluding hydrogens is 406 g/mol. The van der Waals surface area contributed by atoms with E-state index in [9.17, 15) is 14.4 Å². The number of carbonyl (C=O) groups excluding carboxylic acids is 2. The van der Waals surface area contributed by atoms with E-state index in [0.29, 0.717) is 22.8 Å². The molecule has 1 amide bonds. The molecule has 0 aliphatic heterocycles. The molecule has 0 fully saturated rings. The van der Waals surface area contributed by atoms with Crippen molar-refractivity contribution in [2.75, 3.05) is 11.1 Å². The molecule has 8 heteroatoms. The van der Waals surface area contributed by atoms with Crippen molar-refractivity contribution < 1.29 is 9.59 Å². The van der Waals surface area contributed by atoms with Crippen molar-refractivity contribution in [3.05, 3.63) is 50.6 Å². The average molecular weight is 428 g/mol. The summed E-state index contributed by atoms with van der Waals surface area (Å²) in [5.41, 5.74) is 2.37. The lowest BCUT2D eigenvalue weighted by molar-refractivity contribution is -0.115. The van der Waals surface area contributed by atoms with Gasteiger partial charge in [-0.2, -0.15) is 0 Å². The smallest absolute Gasteiger partial charge is 0.262 e. The van der Waals surface area contributed by atoms with Gasteiger partial charge in [0.25, 0.3) is 5.56 Å². The van der Waals surface area contributed by atoms with Gasteiger partial charge in [0, 0.05) is 29.6 Å². The van der Waals surface area contributed by atoms with Crippen molar-refractivity contribution in [2.24, 2.45) is 7.05 Å². The summed E-state index contributed by atoms with van der Waals surface area (Å²) in [5.74, 6) is 0.0744. The van der Waals surface area contributed by atoms with Crippen molar-refractivity contribution in [3.63, 3.8) is 0 Å². The second-order valence-corrected chi connectivity index (χ2v) is 9.01. The number of nitrogens with zero attached hydrogens (tertiary/aromatic N) is 2. The molecule has 150 valence electrons. The Kier molecular flexibility index (Phi) is 5.56. The first-order valence-electron chi connectivity index (χ1n) is 9.55. The maximum absolute atomic E-state index is 12.8. The molecule has 2 aromatic heterocycles.